The van der Waals surface area contributed by atoms with E-state index >= 15 is 0 Å². The van der Waals surface area contributed by atoms with E-state index in [0.717, 1.165) is 12.8 Å². The van der Waals surface area contributed by atoms with Crippen LogP contribution in [0.15, 0.2) is 0 Å². The third kappa shape index (κ3) is 34.9. The Morgan fingerprint density at radius 2 is 1.73 bits per heavy atom. The number of halogens is 4. The van der Waals surface area contributed by atoms with E-state index in [4.69, 9.17) is 45.3 Å². The van der Waals surface area contributed by atoms with E-state index < -0.39 is 5.98 Å². The molecule has 11 heavy (non-hydrogen) atoms. The zero-order valence-electron chi connectivity index (χ0n) is 5.99. The molecule has 0 bridgehead atoms. The molecule has 1 nitrogen and oxygen atoms in total. The first-order valence-corrected chi connectivity index (χ1v) is 7.40. The Morgan fingerprint density at radius 1 is 1.36 bits per heavy atom. The Morgan fingerprint density at radius 3 is 1.82 bits per heavy atom. The van der Waals surface area contributed by atoms with Crippen LogP contribution in [0.5, 0.6) is 0 Å². The minimum absolute atomic E-state index is 0.221. The second kappa shape index (κ2) is 11.3. The molecule has 0 aromatic rings. The molecular formula is C5H9Cl4OP. The Kier molecular flexibility index (Phi) is 15.1. The van der Waals surface area contributed by atoms with Gasteiger partial charge < -0.3 is 0 Å². The van der Waals surface area contributed by atoms with E-state index in [1.807, 2.05) is 6.92 Å². The van der Waals surface area contributed by atoms with Crippen molar-refractivity contribution < 1.29 is 4.79 Å². The molecular weight excluding hydrogens is 249 g/mol. The van der Waals surface area contributed by atoms with Gasteiger partial charge >= 0.3 is 0 Å². The Bertz CT molecular complexity index is 95.7. The fourth-order valence-electron chi connectivity index (χ4n) is 0.316. The molecule has 0 aromatic carbocycles. The maximum absolute atomic E-state index is 9.97. The summed E-state index contributed by atoms with van der Waals surface area (Å²) in [5.41, 5.74) is 0. The zero-order valence-corrected chi connectivity index (χ0v) is 9.91. The lowest BCUT2D eigenvalue weighted by molar-refractivity contribution is -0.111. The third-order valence-corrected chi connectivity index (χ3v) is 0.916. The maximum Gasteiger partial charge on any atom is 0.221 e. The second-order valence-corrected chi connectivity index (χ2v) is 7.06. The number of carbonyl (C=O) groups excluding carboxylic acids is 1. The summed E-state index contributed by atoms with van der Waals surface area (Å²) in [6, 6.07) is 0. The molecule has 0 amide bonds. The van der Waals surface area contributed by atoms with Gasteiger partial charge in [0.05, 0.1) is 0 Å². The molecule has 0 aliphatic rings. The van der Waals surface area contributed by atoms with Gasteiger partial charge in [-0.05, 0) is 18.0 Å². The fraction of sp³-hybridized carbons (Fsp3) is 0.800. The average molecular weight is 258 g/mol. The van der Waals surface area contributed by atoms with E-state index in [1.165, 1.54) is 0 Å². The van der Waals surface area contributed by atoms with E-state index in [1.54, 1.807) is 0 Å². The molecule has 0 saturated carbocycles. The summed E-state index contributed by atoms with van der Waals surface area (Å²) in [6.07, 6.45) is 2.48. The summed E-state index contributed by atoms with van der Waals surface area (Å²) in [5, 5.41) is -0.221. The molecule has 0 radical (unpaired) electrons. The summed E-state index contributed by atoms with van der Waals surface area (Å²) in [5.74, 6) is -1.20. The van der Waals surface area contributed by atoms with Crippen LogP contribution in [-0.2, 0) is 4.79 Å². The fourth-order valence-corrected chi connectivity index (χ4v) is 0.449. The molecule has 6 heteroatoms. The molecule has 0 N–H and O–H groups in total. The van der Waals surface area contributed by atoms with Crippen molar-refractivity contribution in [1.29, 1.82) is 0 Å². The highest BCUT2D eigenvalue weighted by atomic mass is 36.0. The lowest BCUT2D eigenvalue weighted by atomic mass is 10.3. The van der Waals surface area contributed by atoms with Crippen molar-refractivity contribution in [2.24, 2.45) is 0 Å². The van der Waals surface area contributed by atoms with Crippen molar-refractivity contribution in [1.82, 2.24) is 0 Å². The van der Waals surface area contributed by atoms with E-state index in [-0.39, 0.29) is 5.24 Å². The number of hydrogen-bond acceptors (Lipinski definition) is 1. The van der Waals surface area contributed by atoms with Gasteiger partial charge in [-0.15, -0.1) is 0 Å². The van der Waals surface area contributed by atoms with E-state index in [9.17, 15) is 4.79 Å². The summed E-state index contributed by atoms with van der Waals surface area (Å²) in [7, 11) is 0. The molecule has 0 unspecified atom stereocenters. The molecule has 0 aliphatic heterocycles. The van der Waals surface area contributed by atoms with Crippen molar-refractivity contribution in [2.75, 3.05) is 0 Å². The number of rotatable bonds is 3. The molecule has 0 aliphatic carbocycles. The van der Waals surface area contributed by atoms with Crippen molar-refractivity contribution in [3.63, 3.8) is 0 Å². The molecule has 0 saturated heterocycles. The topological polar surface area (TPSA) is 17.1 Å². The largest absolute Gasteiger partial charge is 0.281 e. The highest BCUT2D eigenvalue weighted by Gasteiger charge is 1.90. The van der Waals surface area contributed by atoms with Gasteiger partial charge in [0.15, 0.2) is 5.98 Å². The Balaban J connectivity index is 0. The van der Waals surface area contributed by atoms with Gasteiger partial charge in [0, 0.05) is 6.42 Å². The average Bonchev–Trinajstić information content (AvgIpc) is 1.82. The number of carbonyl (C=O) groups is 1. The van der Waals surface area contributed by atoms with Gasteiger partial charge in [-0.25, -0.2) is 0 Å². The first kappa shape index (κ1) is 14.8. The lowest BCUT2D eigenvalue weighted by Gasteiger charge is -1.84. The van der Waals surface area contributed by atoms with Crippen molar-refractivity contribution in [2.45, 2.75) is 26.2 Å². The molecule has 0 fully saturated rings. The van der Waals surface area contributed by atoms with E-state index in [0.29, 0.717) is 6.42 Å². The summed E-state index contributed by atoms with van der Waals surface area (Å²) < 4.78 is 0. The summed E-state index contributed by atoms with van der Waals surface area (Å²) in [6.45, 7) is 2.03. The summed E-state index contributed by atoms with van der Waals surface area (Å²) >= 11 is 19.6. The first-order chi connectivity index (χ1) is 5.00. The van der Waals surface area contributed by atoms with Crippen LogP contribution >= 0.6 is 51.3 Å². The van der Waals surface area contributed by atoms with Crippen LogP contribution in [0.3, 0.4) is 0 Å². The molecule has 68 valence electrons. The van der Waals surface area contributed by atoms with Crippen LogP contribution < -0.4 is 0 Å². The second-order valence-electron chi connectivity index (χ2n) is 1.65. The van der Waals surface area contributed by atoms with Gasteiger partial charge in [0.1, 0.15) is 0 Å². The van der Waals surface area contributed by atoms with Crippen molar-refractivity contribution in [3.05, 3.63) is 0 Å². The molecule has 0 spiro atoms. The predicted octanol–water partition coefficient (Wildman–Crippen LogP) is 4.87. The zero-order chi connectivity index (χ0) is 9.28. The Hall–Kier alpha value is 1.26. The van der Waals surface area contributed by atoms with Crippen molar-refractivity contribution >= 4 is 56.5 Å². The molecule has 0 atom stereocenters. The smallest absolute Gasteiger partial charge is 0.221 e. The van der Waals surface area contributed by atoms with Crippen LogP contribution in [-0.4, -0.2) is 5.24 Å². The van der Waals surface area contributed by atoms with E-state index in [2.05, 4.69) is 0 Å². The van der Waals surface area contributed by atoms with Gasteiger partial charge in [-0.3, -0.25) is 4.79 Å². The minimum Gasteiger partial charge on any atom is -0.281 e. The SMILES string of the molecule is CCCCC(=O)Cl.ClP(Cl)Cl. The van der Waals surface area contributed by atoms with Crippen LogP contribution in [0.1, 0.15) is 26.2 Å². The van der Waals surface area contributed by atoms with Gasteiger partial charge in [0.25, 0.3) is 0 Å². The normalized spacial score (nSPS) is 8.91. The molecule has 0 heterocycles. The van der Waals surface area contributed by atoms with Crippen LogP contribution in [0.2, 0.25) is 0 Å². The van der Waals surface area contributed by atoms with Crippen LogP contribution in [0.25, 0.3) is 0 Å². The molecule has 0 aromatic heterocycles. The monoisotopic (exact) mass is 256 g/mol. The van der Waals surface area contributed by atoms with Crippen molar-refractivity contribution in [3.8, 4) is 0 Å². The standard InChI is InChI=1S/C5H9ClO.Cl3P/c1-2-3-4-5(6)7;1-4(2)3/h2-4H2,1H3;. The highest BCUT2D eigenvalue weighted by Crippen LogP contribution is 2.51. The maximum atomic E-state index is 9.97. The van der Waals surface area contributed by atoms with Crippen LogP contribution in [0, 0.1) is 0 Å². The number of unbranched alkanes of at least 4 members (excludes halogenated alkanes) is 1. The van der Waals surface area contributed by atoms with Gasteiger partial charge in [-0.2, -0.15) is 0 Å². The highest BCUT2D eigenvalue weighted by molar-refractivity contribution is 8.20. The first-order valence-electron chi connectivity index (χ1n) is 2.96. The molecule has 0 rings (SSSR count). The number of hydrogen-bond donors (Lipinski definition) is 0. The van der Waals surface area contributed by atoms with Gasteiger partial charge in [0.2, 0.25) is 5.24 Å². The van der Waals surface area contributed by atoms with Crippen LogP contribution in [0.4, 0.5) is 0 Å². The minimum atomic E-state index is -1.20. The summed E-state index contributed by atoms with van der Waals surface area (Å²) in [4.78, 5) is 9.97. The lowest BCUT2D eigenvalue weighted by Crippen LogP contribution is -1.82. The predicted molar refractivity (Wildman–Crippen MR) is 54.9 cm³/mol. The van der Waals surface area contributed by atoms with Gasteiger partial charge in [-0.1, -0.05) is 47.1 Å². The quantitative estimate of drug-likeness (QED) is 0.521. The Labute approximate surface area is 87.5 Å². The third-order valence-electron chi connectivity index (χ3n) is 0.727.